The Morgan fingerprint density at radius 1 is 0.923 bits per heavy atom. The number of nitrogens with zero attached hydrogens (tertiary/aromatic N) is 1. The molecule has 134 valence electrons. The molecule has 3 aromatic rings. The molecule has 26 heavy (non-hydrogen) atoms. The number of ether oxygens (including phenoxy) is 1. The van der Waals surface area contributed by atoms with E-state index < -0.39 is 0 Å². The van der Waals surface area contributed by atoms with Crippen LogP contribution in [0.1, 0.15) is 47.9 Å². The molecule has 0 bridgehead atoms. The summed E-state index contributed by atoms with van der Waals surface area (Å²) in [5.74, 6) is 1.32. The Labute approximate surface area is 156 Å². The third-order valence-electron chi connectivity index (χ3n) is 4.90. The molecule has 0 radical (unpaired) electrons. The molecule has 0 spiro atoms. The second-order valence-electron chi connectivity index (χ2n) is 6.70. The van der Waals surface area contributed by atoms with E-state index >= 15 is 0 Å². The smallest absolute Gasteiger partial charge is 0.122 e. The number of aromatic nitrogens is 1. The second kappa shape index (κ2) is 9.19. The summed E-state index contributed by atoms with van der Waals surface area (Å²) in [5, 5.41) is 0. The van der Waals surface area contributed by atoms with Crippen LogP contribution in [-0.4, -0.2) is 12.1 Å². The van der Waals surface area contributed by atoms with Gasteiger partial charge < -0.3 is 4.74 Å². The van der Waals surface area contributed by atoms with Crippen molar-refractivity contribution >= 4 is 0 Å². The van der Waals surface area contributed by atoms with Crippen LogP contribution in [0, 0.1) is 0 Å². The minimum Gasteiger partial charge on any atom is -0.496 e. The molecular formula is C24H27NO. The Kier molecular flexibility index (Phi) is 6.43. The first-order valence-electron chi connectivity index (χ1n) is 9.42. The van der Waals surface area contributed by atoms with Crippen LogP contribution in [0.25, 0.3) is 0 Å². The summed E-state index contributed by atoms with van der Waals surface area (Å²) < 4.78 is 5.59. The molecule has 2 nitrogen and oxygen atoms in total. The first kappa shape index (κ1) is 18.2. The molecule has 0 amide bonds. The lowest BCUT2D eigenvalue weighted by atomic mass is 9.85. The van der Waals surface area contributed by atoms with Crippen LogP contribution in [0.4, 0.5) is 0 Å². The second-order valence-corrected chi connectivity index (χ2v) is 6.70. The van der Waals surface area contributed by atoms with Gasteiger partial charge in [0, 0.05) is 18.3 Å². The zero-order chi connectivity index (χ0) is 18.2. The van der Waals surface area contributed by atoms with Gasteiger partial charge in [-0.2, -0.15) is 0 Å². The van der Waals surface area contributed by atoms with Crippen molar-refractivity contribution in [3.05, 3.63) is 95.3 Å². The van der Waals surface area contributed by atoms with E-state index in [1.54, 1.807) is 7.11 Å². The fourth-order valence-corrected chi connectivity index (χ4v) is 3.45. The first-order valence-corrected chi connectivity index (χ1v) is 9.42. The predicted octanol–water partition coefficient (Wildman–Crippen LogP) is 5.81. The van der Waals surface area contributed by atoms with Crippen molar-refractivity contribution in [3.8, 4) is 5.75 Å². The van der Waals surface area contributed by atoms with Crippen molar-refractivity contribution in [1.29, 1.82) is 0 Å². The van der Waals surface area contributed by atoms with Gasteiger partial charge in [0.1, 0.15) is 5.75 Å². The lowest BCUT2D eigenvalue weighted by Crippen LogP contribution is -2.06. The van der Waals surface area contributed by atoms with E-state index in [4.69, 9.17) is 4.74 Å². The number of aryl methyl sites for hydroxylation is 1. The number of benzene rings is 2. The van der Waals surface area contributed by atoms with Crippen molar-refractivity contribution in [3.63, 3.8) is 0 Å². The number of unbranched alkanes of at least 4 members (excludes halogenated alkanes) is 1. The Morgan fingerprint density at radius 3 is 2.38 bits per heavy atom. The van der Waals surface area contributed by atoms with E-state index in [1.807, 2.05) is 12.4 Å². The SMILES string of the molecule is CCCCc1cc(C(Cc2ccncc2)c2ccccc2)ccc1OC. The minimum atomic E-state index is 0.324. The Bertz CT molecular complexity index is 799. The van der Waals surface area contributed by atoms with E-state index in [0.717, 1.165) is 18.6 Å². The molecule has 0 aliphatic carbocycles. The summed E-state index contributed by atoms with van der Waals surface area (Å²) in [5.41, 5.74) is 5.30. The predicted molar refractivity (Wildman–Crippen MR) is 108 cm³/mol. The zero-order valence-corrected chi connectivity index (χ0v) is 15.7. The molecule has 1 unspecified atom stereocenters. The largest absolute Gasteiger partial charge is 0.496 e. The topological polar surface area (TPSA) is 22.1 Å². The molecule has 0 saturated heterocycles. The highest BCUT2D eigenvalue weighted by Crippen LogP contribution is 2.32. The molecule has 2 aromatic carbocycles. The highest BCUT2D eigenvalue weighted by Gasteiger charge is 2.17. The van der Waals surface area contributed by atoms with Gasteiger partial charge in [0.15, 0.2) is 0 Å². The molecule has 3 rings (SSSR count). The fourth-order valence-electron chi connectivity index (χ4n) is 3.45. The van der Waals surface area contributed by atoms with Crippen molar-refractivity contribution < 1.29 is 4.74 Å². The van der Waals surface area contributed by atoms with Crippen LogP contribution >= 0.6 is 0 Å². The van der Waals surface area contributed by atoms with Crippen LogP contribution < -0.4 is 4.74 Å². The number of hydrogen-bond donors (Lipinski definition) is 0. The van der Waals surface area contributed by atoms with Crippen molar-refractivity contribution in [2.24, 2.45) is 0 Å². The third-order valence-corrected chi connectivity index (χ3v) is 4.90. The molecule has 1 atom stereocenters. The average Bonchev–Trinajstić information content (AvgIpc) is 2.71. The van der Waals surface area contributed by atoms with E-state index in [2.05, 4.69) is 72.6 Å². The standard InChI is InChI=1S/C24H27NO/c1-3-4-8-22-18-21(11-12-24(22)26-2)23(20-9-6-5-7-10-20)17-19-13-15-25-16-14-19/h5-7,9-16,18,23H,3-4,8,17H2,1-2H3. The van der Waals surface area contributed by atoms with Gasteiger partial charge in [-0.1, -0.05) is 55.8 Å². The van der Waals surface area contributed by atoms with E-state index in [9.17, 15) is 0 Å². The van der Waals surface area contributed by atoms with Gasteiger partial charge in [-0.3, -0.25) is 4.98 Å². The van der Waals surface area contributed by atoms with Crippen LogP contribution in [0.5, 0.6) is 5.75 Å². The lowest BCUT2D eigenvalue weighted by Gasteiger charge is -2.20. The monoisotopic (exact) mass is 345 g/mol. The normalized spacial score (nSPS) is 11.9. The number of methoxy groups -OCH3 is 1. The Hall–Kier alpha value is -2.61. The molecule has 1 aromatic heterocycles. The number of hydrogen-bond acceptors (Lipinski definition) is 2. The number of rotatable bonds is 8. The molecule has 0 N–H and O–H groups in total. The molecule has 0 fully saturated rings. The zero-order valence-electron chi connectivity index (χ0n) is 15.7. The van der Waals surface area contributed by atoms with Crippen molar-refractivity contribution in [2.75, 3.05) is 7.11 Å². The van der Waals surface area contributed by atoms with Crippen molar-refractivity contribution in [2.45, 2.75) is 38.5 Å². The first-order chi connectivity index (χ1) is 12.8. The summed E-state index contributed by atoms with van der Waals surface area (Å²) in [6.07, 6.45) is 8.14. The lowest BCUT2D eigenvalue weighted by molar-refractivity contribution is 0.408. The Balaban J connectivity index is 1.98. The quantitative estimate of drug-likeness (QED) is 0.514. The van der Waals surface area contributed by atoms with Crippen molar-refractivity contribution in [1.82, 2.24) is 4.98 Å². The fraction of sp³-hybridized carbons (Fsp3) is 0.292. The molecule has 2 heteroatoms. The van der Waals surface area contributed by atoms with E-state index in [0.29, 0.717) is 5.92 Å². The van der Waals surface area contributed by atoms with Gasteiger partial charge in [0.2, 0.25) is 0 Å². The minimum absolute atomic E-state index is 0.324. The van der Waals surface area contributed by atoms with E-state index in [-0.39, 0.29) is 0 Å². The summed E-state index contributed by atoms with van der Waals surface area (Å²) in [6.45, 7) is 2.23. The number of pyridine rings is 1. The average molecular weight is 345 g/mol. The van der Waals surface area contributed by atoms with Crippen LogP contribution in [0.2, 0.25) is 0 Å². The molecule has 0 saturated carbocycles. The molecule has 0 aliphatic rings. The van der Waals surface area contributed by atoms with Gasteiger partial charge in [0.25, 0.3) is 0 Å². The summed E-state index contributed by atoms with van der Waals surface area (Å²) in [4.78, 5) is 4.15. The van der Waals surface area contributed by atoms with Crippen LogP contribution in [-0.2, 0) is 12.8 Å². The summed E-state index contributed by atoms with van der Waals surface area (Å²) in [7, 11) is 1.76. The van der Waals surface area contributed by atoms with E-state index in [1.165, 1.54) is 35.1 Å². The van der Waals surface area contributed by atoms with Crippen LogP contribution in [0.15, 0.2) is 73.1 Å². The summed E-state index contributed by atoms with van der Waals surface area (Å²) >= 11 is 0. The third kappa shape index (κ3) is 4.51. The van der Waals surface area contributed by atoms with Crippen LogP contribution in [0.3, 0.4) is 0 Å². The van der Waals surface area contributed by atoms with Gasteiger partial charge >= 0.3 is 0 Å². The van der Waals surface area contributed by atoms with Gasteiger partial charge in [-0.15, -0.1) is 0 Å². The maximum absolute atomic E-state index is 5.59. The maximum atomic E-state index is 5.59. The molecule has 1 heterocycles. The highest BCUT2D eigenvalue weighted by molar-refractivity contribution is 5.43. The maximum Gasteiger partial charge on any atom is 0.122 e. The summed E-state index contributed by atoms with van der Waals surface area (Å²) in [6, 6.07) is 21.7. The van der Waals surface area contributed by atoms with Gasteiger partial charge in [0.05, 0.1) is 7.11 Å². The molecular weight excluding hydrogens is 318 g/mol. The molecule has 0 aliphatic heterocycles. The Morgan fingerprint density at radius 2 is 1.69 bits per heavy atom. The van der Waals surface area contributed by atoms with Gasteiger partial charge in [-0.25, -0.2) is 0 Å². The van der Waals surface area contributed by atoms with Gasteiger partial charge in [-0.05, 0) is 59.7 Å². The highest BCUT2D eigenvalue weighted by atomic mass is 16.5.